The lowest BCUT2D eigenvalue weighted by Crippen LogP contribution is -2.61. The summed E-state index contributed by atoms with van der Waals surface area (Å²) in [5.74, 6) is 0.00815. The molecule has 5 N–H and O–H groups in total. The van der Waals surface area contributed by atoms with Gasteiger partial charge in [-0.25, -0.2) is 5.48 Å². The van der Waals surface area contributed by atoms with Crippen LogP contribution in [0.2, 0.25) is 0 Å². The van der Waals surface area contributed by atoms with Crippen molar-refractivity contribution in [2.24, 2.45) is 5.92 Å². The molecule has 3 fully saturated rings. The highest BCUT2D eigenvalue weighted by Crippen LogP contribution is 2.42. The average Bonchev–Trinajstić information content (AvgIpc) is 3.10. The van der Waals surface area contributed by atoms with Crippen LogP contribution >= 0.6 is 0 Å². The van der Waals surface area contributed by atoms with Crippen LogP contribution in [0.25, 0.3) is 0 Å². The molecule has 0 unspecified atom stereocenters. The summed E-state index contributed by atoms with van der Waals surface area (Å²) in [6, 6.07) is 15.8. The van der Waals surface area contributed by atoms with E-state index < -0.39 is 12.2 Å². The molecule has 11 nitrogen and oxygen atoms in total. The third-order valence-corrected chi connectivity index (χ3v) is 10.0. The van der Waals surface area contributed by atoms with Crippen molar-refractivity contribution in [3.05, 3.63) is 70.8 Å². The van der Waals surface area contributed by atoms with Gasteiger partial charge in [-0.15, -0.1) is 0 Å². The van der Waals surface area contributed by atoms with E-state index in [0.717, 1.165) is 41.5 Å². The summed E-state index contributed by atoms with van der Waals surface area (Å²) in [5, 5.41) is 24.4. The number of carbonyl (C=O) groups is 3. The molecule has 2 aromatic rings. The molecule has 1 saturated carbocycles. The molecule has 11 heteroatoms. The van der Waals surface area contributed by atoms with Crippen molar-refractivity contribution in [2.75, 3.05) is 6.54 Å². The number of nitrogens with one attached hydrogen (secondary N) is 3. The quantitative estimate of drug-likeness (QED) is 0.156. The van der Waals surface area contributed by atoms with Gasteiger partial charge >= 0.3 is 0 Å². The molecule has 0 radical (unpaired) electrons. The minimum atomic E-state index is -0.628. The molecule has 1 aliphatic carbocycles. The Morgan fingerprint density at radius 1 is 0.857 bits per heavy atom. The highest BCUT2D eigenvalue weighted by molar-refractivity contribution is 5.82. The number of hydrogen-bond donors (Lipinski definition) is 5. The fourth-order valence-electron chi connectivity index (χ4n) is 7.54. The number of nitrogens with zero attached hydrogens (tertiary/aromatic N) is 1. The van der Waals surface area contributed by atoms with Crippen molar-refractivity contribution in [1.82, 2.24) is 21.0 Å². The molecule has 2 saturated heterocycles. The van der Waals surface area contributed by atoms with Crippen LogP contribution in [-0.4, -0.2) is 63.2 Å². The molecular weight excluding hydrogens is 624 g/mol. The van der Waals surface area contributed by atoms with Crippen molar-refractivity contribution in [1.29, 1.82) is 0 Å². The van der Waals surface area contributed by atoms with Gasteiger partial charge in [0.15, 0.2) is 6.29 Å². The zero-order valence-electron chi connectivity index (χ0n) is 29.2. The normalized spacial score (nSPS) is 26.0. The molecule has 268 valence electrons. The zero-order valence-corrected chi connectivity index (χ0v) is 29.2. The molecule has 0 aromatic heterocycles. The maximum Gasteiger partial charge on any atom is 0.243 e. The number of ether oxygens (including phenoxy) is 2. The van der Waals surface area contributed by atoms with Crippen LogP contribution in [0.5, 0.6) is 0 Å². The van der Waals surface area contributed by atoms with Gasteiger partial charge in [0.2, 0.25) is 17.7 Å². The molecule has 2 heterocycles. The van der Waals surface area contributed by atoms with Gasteiger partial charge in [0, 0.05) is 49.5 Å². The first kappa shape index (κ1) is 36.9. The van der Waals surface area contributed by atoms with E-state index in [1.165, 1.54) is 19.3 Å². The lowest BCUT2D eigenvalue weighted by atomic mass is 9.75. The van der Waals surface area contributed by atoms with Gasteiger partial charge in [0.1, 0.15) is 0 Å². The maximum atomic E-state index is 13.7. The van der Waals surface area contributed by atoms with Crippen molar-refractivity contribution in [2.45, 2.75) is 134 Å². The number of likely N-dealkylation sites (tertiary alicyclic amines) is 1. The summed E-state index contributed by atoms with van der Waals surface area (Å²) >= 11 is 0. The van der Waals surface area contributed by atoms with E-state index in [-0.39, 0.29) is 55.1 Å². The number of amides is 3. The standard InChI is InChI=1S/C38H54N4O7/c1-38(2,3)40-36(46)32-20-19-27-7-4-5-8-31(27)42(32)23-30-21-33(28-15-13-26(24-43)14-16-28)49-37(48-30)29-17-11-25(12-18-29)22-39-34(44)9-6-10-35(45)41-47/h11-18,27,30-33,37,43,47H,4-10,19-24H2,1-3H3,(H,39,44)(H,40,46)(H,41,45)/t27-,30-,31-,32-,33+,37+/m1/s1. The number of hydroxylamine groups is 1. The van der Waals surface area contributed by atoms with Crippen LogP contribution in [0.15, 0.2) is 48.5 Å². The Hall–Kier alpha value is -3.35. The van der Waals surface area contributed by atoms with Gasteiger partial charge in [0.05, 0.1) is 24.9 Å². The molecule has 6 atom stereocenters. The number of fused-ring (bicyclic) bond motifs is 1. The Balaban J connectivity index is 1.32. The predicted molar refractivity (Wildman–Crippen MR) is 184 cm³/mol. The molecule has 49 heavy (non-hydrogen) atoms. The summed E-state index contributed by atoms with van der Waals surface area (Å²) in [4.78, 5) is 39.6. The van der Waals surface area contributed by atoms with E-state index in [2.05, 4.69) is 15.5 Å². The van der Waals surface area contributed by atoms with Gasteiger partial charge in [0.25, 0.3) is 0 Å². The fraction of sp³-hybridized carbons (Fsp3) is 0.605. The number of rotatable bonds is 12. The van der Waals surface area contributed by atoms with Crippen molar-refractivity contribution < 1.29 is 34.2 Å². The van der Waals surface area contributed by atoms with Gasteiger partial charge in [-0.2, -0.15) is 0 Å². The van der Waals surface area contributed by atoms with Crippen LogP contribution in [0.1, 0.15) is 120 Å². The van der Waals surface area contributed by atoms with Crippen LogP contribution in [0.4, 0.5) is 0 Å². The number of hydrogen-bond acceptors (Lipinski definition) is 8. The minimum Gasteiger partial charge on any atom is -0.392 e. The van der Waals surface area contributed by atoms with E-state index in [0.29, 0.717) is 37.9 Å². The highest BCUT2D eigenvalue weighted by atomic mass is 16.7. The SMILES string of the molecule is CC(C)(C)NC(=O)[C@H]1CC[C@H]2CCCC[C@H]2N1C[C@H]1C[C@@H](c2ccc(CO)cc2)O[C@@H](c2ccc(CNC(=O)CCCC(=O)NO)cc2)O1. The maximum absolute atomic E-state index is 13.7. The van der Waals surface area contributed by atoms with Crippen LogP contribution in [0, 0.1) is 5.92 Å². The first-order valence-electron chi connectivity index (χ1n) is 17.9. The lowest BCUT2D eigenvalue weighted by Gasteiger charge is -2.50. The van der Waals surface area contributed by atoms with Crippen molar-refractivity contribution in [3.8, 4) is 0 Å². The third kappa shape index (κ3) is 10.3. The smallest absolute Gasteiger partial charge is 0.243 e. The molecule has 3 aliphatic rings. The molecule has 3 amide bonds. The van der Waals surface area contributed by atoms with E-state index in [1.807, 2.05) is 69.3 Å². The average molecular weight is 679 g/mol. The summed E-state index contributed by atoms with van der Waals surface area (Å²) in [7, 11) is 0. The first-order chi connectivity index (χ1) is 23.5. The second-order valence-corrected chi connectivity index (χ2v) is 14.9. The van der Waals surface area contributed by atoms with E-state index in [1.54, 1.807) is 5.48 Å². The number of aliphatic hydroxyl groups is 1. The predicted octanol–water partition coefficient (Wildman–Crippen LogP) is 4.95. The fourth-order valence-corrected chi connectivity index (χ4v) is 7.54. The molecular formula is C38H54N4O7. The van der Waals surface area contributed by atoms with Gasteiger partial charge in [-0.1, -0.05) is 61.4 Å². The monoisotopic (exact) mass is 678 g/mol. The number of aliphatic hydroxyl groups excluding tert-OH is 1. The highest BCUT2D eigenvalue weighted by Gasteiger charge is 2.44. The Morgan fingerprint density at radius 3 is 2.22 bits per heavy atom. The van der Waals surface area contributed by atoms with Crippen molar-refractivity contribution >= 4 is 17.7 Å². The number of piperidine rings is 1. The Bertz CT molecular complexity index is 1390. The van der Waals surface area contributed by atoms with E-state index in [4.69, 9.17) is 14.7 Å². The third-order valence-electron chi connectivity index (χ3n) is 10.0. The summed E-state index contributed by atoms with van der Waals surface area (Å²) in [5.41, 5.74) is 4.89. The number of carbonyl (C=O) groups excluding carboxylic acids is 3. The Labute approximate surface area is 290 Å². The van der Waals surface area contributed by atoms with Crippen molar-refractivity contribution in [3.63, 3.8) is 0 Å². The summed E-state index contributed by atoms with van der Waals surface area (Å²) in [6.07, 6.45) is 6.86. The Kier molecular flexibility index (Phi) is 12.8. The molecule has 0 bridgehead atoms. The van der Waals surface area contributed by atoms with Crippen LogP contribution in [-0.2, 0) is 37.0 Å². The minimum absolute atomic E-state index is 0.0244. The van der Waals surface area contributed by atoms with Crippen LogP contribution in [0.3, 0.4) is 0 Å². The van der Waals surface area contributed by atoms with Gasteiger partial charge in [-0.05, 0) is 75.5 Å². The number of benzene rings is 2. The summed E-state index contributed by atoms with van der Waals surface area (Å²) in [6.45, 7) is 7.04. The largest absolute Gasteiger partial charge is 0.392 e. The van der Waals surface area contributed by atoms with Gasteiger partial charge < -0.3 is 25.2 Å². The summed E-state index contributed by atoms with van der Waals surface area (Å²) < 4.78 is 13.3. The topological polar surface area (TPSA) is 149 Å². The Morgan fingerprint density at radius 2 is 1.53 bits per heavy atom. The second-order valence-electron chi connectivity index (χ2n) is 14.9. The van der Waals surface area contributed by atoms with E-state index in [9.17, 15) is 19.5 Å². The molecule has 5 rings (SSSR count). The molecule has 0 spiro atoms. The second kappa shape index (κ2) is 17.0. The molecule has 2 aliphatic heterocycles. The molecule has 2 aromatic carbocycles. The zero-order chi connectivity index (χ0) is 35.0. The van der Waals surface area contributed by atoms with E-state index >= 15 is 0 Å². The lowest BCUT2D eigenvalue weighted by molar-refractivity contribution is -0.255. The first-order valence-corrected chi connectivity index (χ1v) is 17.9. The van der Waals surface area contributed by atoms with Gasteiger partial charge in [-0.3, -0.25) is 24.5 Å². The van der Waals surface area contributed by atoms with Crippen LogP contribution < -0.4 is 16.1 Å².